The summed E-state index contributed by atoms with van der Waals surface area (Å²) in [4.78, 5) is 6.08. The van der Waals surface area contributed by atoms with Gasteiger partial charge < -0.3 is 9.08 Å². The molecule has 0 unspecified atom stereocenters. The SMILES string of the molecule is C=Cc1ccc(N(C)C)cc1Cc1ccnc(OS(=O)(=O)c2ccc(Cl)cc2)c1. The molecule has 1 aromatic heterocycles. The predicted molar refractivity (Wildman–Crippen MR) is 117 cm³/mol. The van der Waals surface area contributed by atoms with Gasteiger partial charge in [0.2, 0.25) is 5.88 Å². The van der Waals surface area contributed by atoms with Crippen LogP contribution in [0.1, 0.15) is 16.7 Å². The van der Waals surface area contributed by atoms with Gasteiger partial charge in [-0.3, -0.25) is 0 Å². The normalized spacial score (nSPS) is 11.1. The van der Waals surface area contributed by atoms with E-state index in [2.05, 4.69) is 17.6 Å². The van der Waals surface area contributed by atoms with Crippen LogP contribution in [-0.2, 0) is 16.5 Å². The zero-order valence-corrected chi connectivity index (χ0v) is 17.7. The number of halogens is 1. The summed E-state index contributed by atoms with van der Waals surface area (Å²) in [5, 5.41) is 0.446. The molecule has 7 heteroatoms. The monoisotopic (exact) mass is 428 g/mol. The van der Waals surface area contributed by atoms with E-state index in [1.54, 1.807) is 12.1 Å². The van der Waals surface area contributed by atoms with Gasteiger partial charge in [-0.25, -0.2) is 4.98 Å². The molecular formula is C22H21ClN2O3S. The molecule has 29 heavy (non-hydrogen) atoms. The lowest BCUT2D eigenvalue weighted by atomic mass is 9.99. The highest BCUT2D eigenvalue weighted by molar-refractivity contribution is 7.87. The Labute approximate surface area is 176 Å². The topological polar surface area (TPSA) is 59.5 Å². The first-order valence-electron chi connectivity index (χ1n) is 8.86. The molecule has 0 saturated carbocycles. The Kier molecular flexibility index (Phi) is 6.25. The molecule has 3 rings (SSSR count). The van der Waals surface area contributed by atoms with E-state index in [0.29, 0.717) is 11.4 Å². The molecule has 0 fully saturated rings. The van der Waals surface area contributed by atoms with Crippen LogP contribution in [0.2, 0.25) is 5.02 Å². The van der Waals surface area contributed by atoms with Gasteiger partial charge in [0, 0.05) is 37.1 Å². The second kappa shape index (κ2) is 8.68. The number of pyridine rings is 1. The molecule has 5 nitrogen and oxygen atoms in total. The van der Waals surface area contributed by atoms with Crippen LogP contribution < -0.4 is 9.08 Å². The molecule has 0 bridgehead atoms. The van der Waals surface area contributed by atoms with Crippen LogP contribution in [0.5, 0.6) is 5.88 Å². The van der Waals surface area contributed by atoms with E-state index >= 15 is 0 Å². The molecule has 0 N–H and O–H groups in total. The lowest BCUT2D eigenvalue weighted by Gasteiger charge is -2.16. The number of rotatable bonds is 7. The number of nitrogens with zero attached hydrogens (tertiary/aromatic N) is 2. The number of hydrogen-bond donors (Lipinski definition) is 0. The van der Waals surface area contributed by atoms with Crippen LogP contribution in [-0.4, -0.2) is 27.5 Å². The van der Waals surface area contributed by atoms with Gasteiger partial charge >= 0.3 is 10.1 Å². The van der Waals surface area contributed by atoms with Crippen molar-refractivity contribution in [3.05, 3.63) is 89.1 Å². The summed E-state index contributed by atoms with van der Waals surface area (Å²) in [6, 6.07) is 15.4. The van der Waals surface area contributed by atoms with E-state index < -0.39 is 10.1 Å². The molecule has 0 spiro atoms. The molecule has 3 aromatic rings. The molecule has 2 aromatic carbocycles. The van der Waals surface area contributed by atoms with Crippen LogP contribution in [0.3, 0.4) is 0 Å². The summed E-state index contributed by atoms with van der Waals surface area (Å²) >= 11 is 5.82. The van der Waals surface area contributed by atoms with Crippen molar-refractivity contribution in [1.82, 2.24) is 4.98 Å². The third-order valence-corrected chi connectivity index (χ3v) is 5.85. The molecule has 150 valence electrons. The Bertz CT molecular complexity index is 1130. The van der Waals surface area contributed by atoms with Gasteiger partial charge in [0.25, 0.3) is 0 Å². The predicted octanol–water partition coefficient (Wildman–Crippen LogP) is 4.80. The van der Waals surface area contributed by atoms with Gasteiger partial charge in [-0.2, -0.15) is 8.42 Å². The molecular weight excluding hydrogens is 408 g/mol. The van der Waals surface area contributed by atoms with Crippen LogP contribution in [0.15, 0.2) is 72.3 Å². The van der Waals surface area contributed by atoms with Crippen molar-refractivity contribution in [3.8, 4) is 5.88 Å². The van der Waals surface area contributed by atoms with Crippen molar-refractivity contribution in [2.45, 2.75) is 11.3 Å². The van der Waals surface area contributed by atoms with Gasteiger partial charge in [0.05, 0.1) is 0 Å². The first-order chi connectivity index (χ1) is 13.8. The maximum atomic E-state index is 12.5. The first kappa shape index (κ1) is 20.9. The molecule has 0 radical (unpaired) electrons. The molecule has 0 aliphatic heterocycles. The maximum absolute atomic E-state index is 12.5. The van der Waals surface area contributed by atoms with Crippen molar-refractivity contribution >= 4 is 33.5 Å². The zero-order chi connectivity index (χ0) is 21.0. The molecule has 0 atom stereocenters. The lowest BCUT2D eigenvalue weighted by Crippen LogP contribution is -2.11. The van der Waals surface area contributed by atoms with Crippen molar-refractivity contribution in [2.24, 2.45) is 0 Å². The third-order valence-electron chi connectivity index (χ3n) is 4.35. The fraction of sp³-hybridized carbons (Fsp3) is 0.136. The molecule has 1 heterocycles. The average Bonchev–Trinajstić information content (AvgIpc) is 2.68. The van der Waals surface area contributed by atoms with Crippen LogP contribution >= 0.6 is 11.6 Å². The van der Waals surface area contributed by atoms with Crippen LogP contribution in [0.4, 0.5) is 5.69 Å². The quantitative estimate of drug-likeness (QED) is 0.506. The lowest BCUT2D eigenvalue weighted by molar-refractivity contribution is 0.475. The number of aromatic nitrogens is 1. The summed E-state index contributed by atoms with van der Waals surface area (Å²) < 4.78 is 30.2. The van der Waals surface area contributed by atoms with Crippen molar-refractivity contribution in [1.29, 1.82) is 0 Å². The number of benzene rings is 2. The second-order valence-electron chi connectivity index (χ2n) is 6.65. The third kappa shape index (κ3) is 5.16. The molecule has 0 aliphatic carbocycles. The second-order valence-corrected chi connectivity index (χ2v) is 8.63. The number of hydrogen-bond acceptors (Lipinski definition) is 5. The van der Waals surface area contributed by atoms with Gasteiger partial charge in [-0.15, -0.1) is 0 Å². The molecule has 0 amide bonds. The fourth-order valence-electron chi connectivity index (χ4n) is 2.81. The smallest absolute Gasteiger partial charge is 0.340 e. The standard InChI is InChI=1S/C22H21ClN2O3S/c1-4-17-5-8-20(25(2)3)15-18(17)13-16-11-12-24-22(14-16)28-29(26,27)21-9-6-19(23)7-10-21/h4-12,14-15H,1,13H2,2-3H3. The van der Waals surface area contributed by atoms with Crippen molar-refractivity contribution < 1.29 is 12.6 Å². The fourth-order valence-corrected chi connectivity index (χ4v) is 3.82. The highest BCUT2D eigenvalue weighted by atomic mass is 35.5. The Hall–Kier alpha value is -2.83. The summed E-state index contributed by atoms with van der Waals surface area (Å²) in [7, 11) is -0.0367. The van der Waals surface area contributed by atoms with Crippen LogP contribution in [0, 0.1) is 0 Å². The molecule has 0 aliphatic rings. The van der Waals surface area contributed by atoms with E-state index in [4.69, 9.17) is 15.8 Å². The number of anilines is 1. The van der Waals surface area contributed by atoms with E-state index in [1.165, 1.54) is 30.5 Å². The van der Waals surface area contributed by atoms with Crippen molar-refractivity contribution in [2.75, 3.05) is 19.0 Å². The van der Waals surface area contributed by atoms with E-state index in [0.717, 1.165) is 22.4 Å². The van der Waals surface area contributed by atoms with Gasteiger partial charge in [0.15, 0.2) is 0 Å². The largest absolute Gasteiger partial charge is 0.378 e. The maximum Gasteiger partial charge on any atom is 0.340 e. The summed E-state index contributed by atoms with van der Waals surface area (Å²) in [6.45, 7) is 3.87. The Morgan fingerprint density at radius 3 is 2.48 bits per heavy atom. The Balaban J connectivity index is 1.86. The Morgan fingerprint density at radius 1 is 1.10 bits per heavy atom. The minimum atomic E-state index is -3.99. The summed E-state index contributed by atoms with van der Waals surface area (Å²) in [6.07, 6.45) is 3.92. The van der Waals surface area contributed by atoms with E-state index in [-0.39, 0.29) is 10.8 Å². The highest BCUT2D eigenvalue weighted by Crippen LogP contribution is 2.24. The average molecular weight is 429 g/mol. The summed E-state index contributed by atoms with van der Waals surface area (Å²) in [5.41, 5.74) is 4.04. The first-order valence-corrected chi connectivity index (χ1v) is 10.6. The van der Waals surface area contributed by atoms with Crippen molar-refractivity contribution in [3.63, 3.8) is 0 Å². The minimum absolute atomic E-state index is 0.0152. The Morgan fingerprint density at radius 2 is 1.83 bits per heavy atom. The van der Waals surface area contributed by atoms with Gasteiger partial charge in [-0.05, 0) is 65.6 Å². The minimum Gasteiger partial charge on any atom is -0.378 e. The van der Waals surface area contributed by atoms with E-state index in [9.17, 15) is 8.42 Å². The van der Waals surface area contributed by atoms with Gasteiger partial charge in [-0.1, -0.05) is 30.3 Å². The van der Waals surface area contributed by atoms with Crippen LogP contribution in [0.25, 0.3) is 6.08 Å². The molecule has 0 saturated heterocycles. The van der Waals surface area contributed by atoms with E-state index in [1.807, 2.05) is 37.2 Å². The summed E-state index contributed by atoms with van der Waals surface area (Å²) in [5.74, 6) is 0.0152. The zero-order valence-electron chi connectivity index (χ0n) is 16.2. The highest BCUT2D eigenvalue weighted by Gasteiger charge is 2.17. The van der Waals surface area contributed by atoms with Gasteiger partial charge in [0.1, 0.15) is 4.90 Å².